The Morgan fingerprint density at radius 1 is 1.43 bits per heavy atom. The molecule has 1 N–H and O–H groups in total. The van der Waals surface area contributed by atoms with E-state index >= 15 is 0 Å². The molecular formula is C12H15N5O2S2. The van der Waals surface area contributed by atoms with Crippen LogP contribution in [0.1, 0.15) is 5.69 Å². The van der Waals surface area contributed by atoms with E-state index in [2.05, 4.69) is 14.9 Å². The van der Waals surface area contributed by atoms with Crippen molar-refractivity contribution in [2.24, 2.45) is 7.05 Å². The van der Waals surface area contributed by atoms with Gasteiger partial charge >= 0.3 is 0 Å². The molecule has 3 aromatic heterocycles. The maximum Gasteiger partial charge on any atom is 0.250 e. The van der Waals surface area contributed by atoms with Gasteiger partial charge in [-0.05, 0) is 18.4 Å². The third-order valence-corrected chi connectivity index (χ3v) is 6.05. The fourth-order valence-electron chi connectivity index (χ4n) is 2.25. The summed E-state index contributed by atoms with van der Waals surface area (Å²) in [5, 5.41) is 10.4. The predicted molar refractivity (Wildman–Crippen MR) is 80.7 cm³/mol. The van der Waals surface area contributed by atoms with Gasteiger partial charge in [0.15, 0.2) is 0 Å². The molecule has 0 unspecified atom stereocenters. The van der Waals surface area contributed by atoms with Crippen LogP contribution in [0.3, 0.4) is 0 Å². The minimum absolute atomic E-state index is 0.283. The van der Waals surface area contributed by atoms with Crippen LogP contribution in [0.2, 0.25) is 0 Å². The Kier molecular flexibility index (Phi) is 3.56. The van der Waals surface area contributed by atoms with Gasteiger partial charge < -0.3 is 0 Å². The summed E-state index contributed by atoms with van der Waals surface area (Å²) >= 11 is 1.20. The summed E-state index contributed by atoms with van der Waals surface area (Å²) in [5.41, 5.74) is 2.76. The first-order chi connectivity index (χ1) is 9.99. The molecule has 21 heavy (non-hydrogen) atoms. The summed E-state index contributed by atoms with van der Waals surface area (Å²) in [4.78, 5) is 0. The van der Waals surface area contributed by atoms with Crippen molar-refractivity contribution in [1.29, 1.82) is 0 Å². The quantitative estimate of drug-likeness (QED) is 0.762. The van der Waals surface area contributed by atoms with E-state index in [1.54, 1.807) is 33.1 Å². The zero-order valence-corrected chi connectivity index (χ0v) is 13.3. The summed E-state index contributed by atoms with van der Waals surface area (Å²) in [5.74, 6) is 0. The average molecular weight is 325 g/mol. The van der Waals surface area contributed by atoms with Crippen molar-refractivity contribution in [3.63, 3.8) is 0 Å². The van der Waals surface area contributed by atoms with Crippen molar-refractivity contribution in [1.82, 2.24) is 24.3 Å². The van der Waals surface area contributed by atoms with Crippen molar-refractivity contribution in [2.45, 2.75) is 17.7 Å². The van der Waals surface area contributed by atoms with Gasteiger partial charge in [0.05, 0.1) is 18.4 Å². The standard InChI is InChI=1S/C12H15N5O2S2/c1-9-12-10(16(2)15-9)8-13-17(12)6-5-14-21(18,19)11-4-3-7-20-11/h3-4,7-8,14H,5-6H2,1-2H3. The van der Waals surface area contributed by atoms with E-state index < -0.39 is 10.0 Å². The number of thiophene rings is 1. The van der Waals surface area contributed by atoms with Gasteiger partial charge in [-0.3, -0.25) is 9.36 Å². The Labute approximate surface area is 126 Å². The number of hydrogen-bond acceptors (Lipinski definition) is 5. The first-order valence-electron chi connectivity index (χ1n) is 6.37. The van der Waals surface area contributed by atoms with Crippen LogP contribution in [0.25, 0.3) is 11.0 Å². The molecule has 3 rings (SSSR count). The highest BCUT2D eigenvalue weighted by atomic mass is 32.2. The first kappa shape index (κ1) is 14.2. The van der Waals surface area contributed by atoms with Crippen LogP contribution in [0, 0.1) is 6.92 Å². The smallest absolute Gasteiger partial charge is 0.250 e. The van der Waals surface area contributed by atoms with Crippen LogP contribution in [-0.2, 0) is 23.6 Å². The molecule has 0 radical (unpaired) electrons. The molecule has 3 heterocycles. The Balaban J connectivity index is 1.73. The fraction of sp³-hybridized carbons (Fsp3) is 0.333. The maximum absolute atomic E-state index is 12.0. The van der Waals surface area contributed by atoms with Crippen molar-refractivity contribution in [3.8, 4) is 0 Å². The molecule has 0 aliphatic heterocycles. The molecule has 0 fully saturated rings. The number of aryl methyl sites for hydroxylation is 2. The van der Waals surface area contributed by atoms with Gasteiger partial charge in [0, 0.05) is 13.6 Å². The van der Waals surface area contributed by atoms with Crippen LogP contribution in [-0.4, -0.2) is 34.5 Å². The second-order valence-electron chi connectivity index (χ2n) is 4.64. The lowest BCUT2D eigenvalue weighted by Gasteiger charge is -2.05. The molecule has 0 aromatic carbocycles. The number of aromatic nitrogens is 4. The SMILES string of the molecule is Cc1nn(C)c2cnn(CCNS(=O)(=O)c3cccs3)c12. The zero-order chi connectivity index (χ0) is 15.0. The molecule has 0 spiro atoms. The number of nitrogens with one attached hydrogen (secondary N) is 1. The number of fused-ring (bicyclic) bond motifs is 1. The summed E-state index contributed by atoms with van der Waals surface area (Å²) < 4.78 is 30.5. The number of rotatable bonds is 5. The van der Waals surface area contributed by atoms with Crippen molar-refractivity contribution >= 4 is 32.4 Å². The van der Waals surface area contributed by atoms with E-state index in [1.165, 1.54) is 11.3 Å². The predicted octanol–water partition coefficient (Wildman–Crippen LogP) is 1.12. The first-order valence-corrected chi connectivity index (χ1v) is 8.73. The zero-order valence-electron chi connectivity index (χ0n) is 11.6. The monoisotopic (exact) mass is 325 g/mol. The summed E-state index contributed by atoms with van der Waals surface area (Å²) in [6.07, 6.45) is 1.74. The number of nitrogens with zero attached hydrogens (tertiary/aromatic N) is 4. The van der Waals surface area contributed by atoms with Gasteiger partial charge in [-0.25, -0.2) is 13.1 Å². The Morgan fingerprint density at radius 2 is 2.24 bits per heavy atom. The van der Waals surface area contributed by atoms with Crippen LogP contribution in [0.15, 0.2) is 27.9 Å². The normalized spacial score (nSPS) is 12.3. The maximum atomic E-state index is 12.0. The molecule has 0 bridgehead atoms. The molecule has 0 saturated carbocycles. The number of sulfonamides is 1. The van der Waals surface area contributed by atoms with E-state index in [4.69, 9.17) is 0 Å². The van der Waals surface area contributed by atoms with E-state index in [1.807, 2.05) is 14.0 Å². The molecule has 0 amide bonds. The second-order valence-corrected chi connectivity index (χ2v) is 7.58. The highest BCUT2D eigenvalue weighted by Crippen LogP contribution is 2.17. The lowest BCUT2D eigenvalue weighted by Crippen LogP contribution is -2.27. The minimum Gasteiger partial charge on any atom is -0.264 e. The van der Waals surface area contributed by atoms with Crippen LogP contribution < -0.4 is 4.72 Å². The fourth-order valence-corrected chi connectivity index (χ4v) is 4.31. The Bertz CT molecular complexity index is 861. The van der Waals surface area contributed by atoms with Gasteiger partial charge in [0.2, 0.25) is 10.0 Å². The van der Waals surface area contributed by atoms with E-state index in [9.17, 15) is 8.42 Å². The van der Waals surface area contributed by atoms with Crippen molar-refractivity contribution in [2.75, 3.05) is 6.54 Å². The van der Waals surface area contributed by atoms with Gasteiger partial charge in [-0.1, -0.05) is 6.07 Å². The molecule has 3 aromatic rings. The largest absolute Gasteiger partial charge is 0.264 e. The van der Waals surface area contributed by atoms with E-state index in [0.717, 1.165) is 16.7 Å². The van der Waals surface area contributed by atoms with Crippen molar-refractivity contribution in [3.05, 3.63) is 29.4 Å². The molecule has 0 atom stereocenters. The van der Waals surface area contributed by atoms with E-state index in [-0.39, 0.29) is 6.54 Å². The summed E-state index contributed by atoms with van der Waals surface area (Å²) in [7, 11) is -1.56. The molecule has 0 saturated heterocycles. The molecule has 9 heteroatoms. The molecule has 0 aliphatic carbocycles. The topological polar surface area (TPSA) is 81.8 Å². The summed E-state index contributed by atoms with van der Waals surface area (Å²) in [6, 6.07) is 3.31. The van der Waals surface area contributed by atoms with Gasteiger partial charge in [0.1, 0.15) is 15.2 Å². The lowest BCUT2D eigenvalue weighted by molar-refractivity contribution is 0.567. The third-order valence-electron chi connectivity index (χ3n) is 3.19. The highest BCUT2D eigenvalue weighted by molar-refractivity contribution is 7.91. The van der Waals surface area contributed by atoms with Gasteiger partial charge in [-0.15, -0.1) is 11.3 Å². The Morgan fingerprint density at radius 3 is 2.95 bits per heavy atom. The van der Waals surface area contributed by atoms with E-state index in [0.29, 0.717) is 10.8 Å². The van der Waals surface area contributed by atoms with Crippen molar-refractivity contribution < 1.29 is 8.42 Å². The highest BCUT2D eigenvalue weighted by Gasteiger charge is 2.15. The molecule has 7 nitrogen and oxygen atoms in total. The average Bonchev–Trinajstić information content (AvgIpc) is 3.11. The molecule has 112 valence electrons. The van der Waals surface area contributed by atoms with Crippen LogP contribution >= 0.6 is 11.3 Å². The van der Waals surface area contributed by atoms with Crippen LogP contribution in [0.4, 0.5) is 0 Å². The summed E-state index contributed by atoms with van der Waals surface area (Å²) in [6.45, 7) is 2.66. The van der Waals surface area contributed by atoms with Gasteiger partial charge in [0.25, 0.3) is 0 Å². The van der Waals surface area contributed by atoms with Gasteiger partial charge in [-0.2, -0.15) is 10.2 Å². The second kappa shape index (κ2) is 5.24. The Hall–Kier alpha value is -1.71. The molecular weight excluding hydrogens is 310 g/mol. The van der Waals surface area contributed by atoms with Crippen LogP contribution in [0.5, 0.6) is 0 Å². The number of hydrogen-bond donors (Lipinski definition) is 1. The minimum atomic E-state index is -3.42. The lowest BCUT2D eigenvalue weighted by atomic mass is 10.4. The third kappa shape index (κ3) is 2.59. The molecule has 0 aliphatic rings.